The summed E-state index contributed by atoms with van der Waals surface area (Å²) in [6, 6.07) is 11.9. The first-order valence-electron chi connectivity index (χ1n) is 7.49. The van der Waals surface area contributed by atoms with Gasteiger partial charge in [-0.2, -0.15) is 5.10 Å². The van der Waals surface area contributed by atoms with E-state index >= 15 is 0 Å². The zero-order valence-corrected chi connectivity index (χ0v) is 14.6. The third-order valence-electron chi connectivity index (χ3n) is 3.38. The molecule has 0 heterocycles. The van der Waals surface area contributed by atoms with Crippen LogP contribution in [0.5, 0.6) is 0 Å². The highest BCUT2D eigenvalue weighted by Gasteiger charge is 2.21. The molecule has 2 N–H and O–H groups in total. The molecule has 0 spiro atoms. The summed E-state index contributed by atoms with van der Waals surface area (Å²) in [4.78, 5) is 10.4. The highest BCUT2D eigenvalue weighted by molar-refractivity contribution is 7.92. The number of sulfonamides is 1. The molecule has 8 nitrogen and oxygen atoms in total. The fraction of sp³-hybridized carbons (Fsp3) is 0.188. The fourth-order valence-electron chi connectivity index (χ4n) is 1.88. The molecule has 0 amide bonds. The Kier molecular flexibility index (Phi) is 5.71. The van der Waals surface area contributed by atoms with Gasteiger partial charge in [-0.25, -0.2) is 8.42 Å². The van der Waals surface area contributed by atoms with Gasteiger partial charge < -0.3 is 0 Å². The van der Waals surface area contributed by atoms with E-state index in [1.54, 1.807) is 37.3 Å². The van der Waals surface area contributed by atoms with Crippen LogP contribution in [0.15, 0.2) is 58.5 Å². The lowest BCUT2D eigenvalue weighted by Crippen LogP contribution is -2.13. The van der Waals surface area contributed by atoms with E-state index < -0.39 is 14.9 Å². The summed E-state index contributed by atoms with van der Waals surface area (Å²) in [6.07, 6.45) is 0.689. The van der Waals surface area contributed by atoms with Gasteiger partial charge in [0, 0.05) is 17.5 Å². The molecule has 2 aromatic rings. The van der Waals surface area contributed by atoms with Gasteiger partial charge in [0.25, 0.3) is 15.7 Å². The number of para-hydroxylation sites is 1. The predicted molar refractivity (Wildman–Crippen MR) is 97.4 cm³/mol. The zero-order chi connectivity index (χ0) is 18.4. The van der Waals surface area contributed by atoms with Crippen molar-refractivity contribution in [2.24, 2.45) is 5.10 Å². The normalized spacial score (nSPS) is 11.8. The van der Waals surface area contributed by atoms with Crippen LogP contribution in [0.1, 0.15) is 20.3 Å². The Bertz CT molecular complexity index is 896. The van der Waals surface area contributed by atoms with E-state index in [1.807, 2.05) is 6.92 Å². The van der Waals surface area contributed by atoms with E-state index in [4.69, 9.17) is 0 Å². The second-order valence-electron chi connectivity index (χ2n) is 5.22. The van der Waals surface area contributed by atoms with Crippen molar-refractivity contribution in [2.45, 2.75) is 25.2 Å². The van der Waals surface area contributed by atoms with Gasteiger partial charge in [-0.05, 0) is 37.6 Å². The number of benzene rings is 2. The van der Waals surface area contributed by atoms with E-state index in [1.165, 1.54) is 12.1 Å². The molecule has 0 radical (unpaired) electrons. The van der Waals surface area contributed by atoms with Crippen LogP contribution in [0.3, 0.4) is 0 Å². The van der Waals surface area contributed by atoms with Crippen LogP contribution in [0.2, 0.25) is 0 Å². The quantitative estimate of drug-likeness (QED) is 0.444. The molecule has 0 aliphatic rings. The number of hydrogen-bond acceptors (Lipinski definition) is 6. The molecule has 0 bridgehead atoms. The van der Waals surface area contributed by atoms with Crippen LogP contribution >= 0.6 is 0 Å². The number of nitrogens with zero attached hydrogens (tertiary/aromatic N) is 2. The second kappa shape index (κ2) is 7.75. The third kappa shape index (κ3) is 4.77. The fourth-order valence-corrected chi connectivity index (χ4v) is 2.96. The van der Waals surface area contributed by atoms with E-state index in [-0.39, 0.29) is 16.3 Å². The third-order valence-corrected chi connectivity index (χ3v) is 4.76. The largest absolute Gasteiger partial charge is 0.295 e. The van der Waals surface area contributed by atoms with Gasteiger partial charge in [-0.3, -0.25) is 20.3 Å². The van der Waals surface area contributed by atoms with Crippen LogP contribution < -0.4 is 10.1 Å². The SMILES string of the molecule is CC/C(C)=N\Nc1ccc(S(=O)(=O)Nc2ccccc2)cc1[N+](=O)[O-]. The minimum atomic E-state index is -3.94. The average molecular weight is 362 g/mol. The standard InChI is InChI=1S/C16H18N4O4S/c1-3-12(2)17-18-15-10-9-14(11-16(15)20(21)22)25(23,24)19-13-7-5-4-6-8-13/h4-11,18-19H,3H2,1-2H3/b17-12-. The maximum atomic E-state index is 12.4. The van der Waals surface area contributed by atoms with E-state index in [0.717, 1.165) is 11.8 Å². The maximum Gasteiger partial charge on any atom is 0.295 e. The van der Waals surface area contributed by atoms with Gasteiger partial charge in [0.15, 0.2) is 0 Å². The van der Waals surface area contributed by atoms with Crippen molar-refractivity contribution >= 4 is 32.8 Å². The molecule has 25 heavy (non-hydrogen) atoms. The van der Waals surface area contributed by atoms with E-state index in [2.05, 4.69) is 15.2 Å². The first kappa shape index (κ1) is 18.4. The van der Waals surface area contributed by atoms with Crippen LogP contribution in [-0.4, -0.2) is 19.1 Å². The van der Waals surface area contributed by atoms with Crippen LogP contribution in [-0.2, 0) is 10.0 Å². The Morgan fingerprint density at radius 2 is 1.88 bits per heavy atom. The van der Waals surface area contributed by atoms with Crippen LogP contribution in [0.4, 0.5) is 17.1 Å². The molecule has 132 valence electrons. The lowest BCUT2D eigenvalue weighted by Gasteiger charge is -2.09. The summed E-state index contributed by atoms with van der Waals surface area (Å²) in [5.74, 6) is 0. The van der Waals surface area contributed by atoms with Crippen molar-refractivity contribution in [3.63, 3.8) is 0 Å². The number of rotatable bonds is 7. The molecule has 0 saturated carbocycles. The van der Waals surface area contributed by atoms with Crippen molar-refractivity contribution in [1.82, 2.24) is 0 Å². The Morgan fingerprint density at radius 3 is 2.48 bits per heavy atom. The van der Waals surface area contributed by atoms with Crippen molar-refractivity contribution in [1.29, 1.82) is 0 Å². The van der Waals surface area contributed by atoms with Gasteiger partial charge in [0.2, 0.25) is 0 Å². The summed E-state index contributed by atoms with van der Waals surface area (Å²) in [5, 5.41) is 15.3. The molecule has 0 aliphatic carbocycles. The number of hydrogen-bond donors (Lipinski definition) is 2. The first-order chi connectivity index (χ1) is 11.8. The smallest absolute Gasteiger partial charge is 0.280 e. The molecule has 9 heteroatoms. The maximum absolute atomic E-state index is 12.4. The van der Waals surface area contributed by atoms with Gasteiger partial charge in [-0.1, -0.05) is 25.1 Å². The predicted octanol–water partition coefficient (Wildman–Crippen LogP) is 3.59. The highest BCUT2D eigenvalue weighted by atomic mass is 32.2. The highest BCUT2D eigenvalue weighted by Crippen LogP contribution is 2.28. The van der Waals surface area contributed by atoms with Crippen LogP contribution in [0, 0.1) is 10.1 Å². The first-order valence-corrected chi connectivity index (χ1v) is 8.97. The minimum absolute atomic E-state index is 0.122. The monoisotopic (exact) mass is 362 g/mol. The van der Waals surface area contributed by atoms with Gasteiger partial charge >= 0.3 is 0 Å². The molecule has 2 aromatic carbocycles. The number of nitro benzene ring substituents is 1. The second-order valence-corrected chi connectivity index (χ2v) is 6.90. The topological polar surface area (TPSA) is 114 Å². The van der Waals surface area contributed by atoms with Crippen molar-refractivity contribution < 1.29 is 13.3 Å². The summed E-state index contributed by atoms with van der Waals surface area (Å²) < 4.78 is 27.2. The van der Waals surface area contributed by atoms with Crippen molar-refractivity contribution in [3.8, 4) is 0 Å². The lowest BCUT2D eigenvalue weighted by molar-refractivity contribution is -0.384. The summed E-state index contributed by atoms with van der Waals surface area (Å²) in [5.41, 5.74) is 3.49. The molecule has 0 atom stereocenters. The summed E-state index contributed by atoms with van der Waals surface area (Å²) >= 11 is 0. The van der Waals surface area contributed by atoms with Gasteiger partial charge in [0.05, 0.1) is 9.82 Å². The molecular weight excluding hydrogens is 344 g/mol. The molecular formula is C16H18N4O4S. The zero-order valence-electron chi connectivity index (χ0n) is 13.8. The Hall–Kier alpha value is -2.94. The van der Waals surface area contributed by atoms with Crippen molar-refractivity contribution in [2.75, 3.05) is 10.1 Å². The van der Waals surface area contributed by atoms with Crippen molar-refractivity contribution in [3.05, 3.63) is 58.6 Å². The molecule has 0 aromatic heterocycles. The van der Waals surface area contributed by atoms with Gasteiger partial charge in [-0.15, -0.1) is 0 Å². The Balaban J connectivity index is 2.36. The van der Waals surface area contributed by atoms with E-state index in [0.29, 0.717) is 12.1 Å². The molecule has 0 fully saturated rings. The van der Waals surface area contributed by atoms with E-state index in [9.17, 15) is 18.5 Å². The minimum Gasteiger partial charge on any atom is -0.280 e. The number of nitrogens with one attached hydrogen (secondary N) is 2. The lowest BCUT2D eigenvalue weighted by atomic mass is 10.3. The Morgan fingerprint density at radius 1 is 1.20 bits per heavy atom. The molecule has 0 saturated heterocycles. The average Bonchev–Trinajstić information content (AvgIpc) is 2.59. The summed E-state index contributed by atoms with van der Waals surface area (Å²) in [7, 11) is -3.94. The molecule has 0 unspecified atom stereocenters. The van der Waals surface area contributed by atoms with Crippen LogP contribution in [0.25, 0.3) is 0 Å². The number of hydrazone groups is 1. The molecule has 0 aliphatic heterocycles. The Labute approximate surface area is 145 Å². The van der Waals surface area contributed by atoms with Gasteiger partial charge in [0.1, 0.15) is 5.69 Å². The number of nitro groups is 1. The number of anilines is 2. The summed E-state index contributed by atoms with van der Waals surface area (Å²) in [6.45, 7) is 3.68. The molecule has 2 rings (SSSR count).